The third kappa shape index (κ3) is 3.06. The predicted octanol–water partition coefficient (Wildman–Crippen LogP) is 1.16. The quantitative estimate of drug-likeness (QED) is 0.790. The van der Waals surface area contributed by atoms with E-state index in [1.807, 2.05) is 0 Å². The van der Waals surface area contributed by atoms with E-state index in [1.165, 1.54) is 18.4 Å². The number of carbonyl (C=O) groups excluding carboxylic acids is 1. The summed E-state index contributed by atoms with van der Waals surface area (Å²) >= 11 is 0. The molecule has 0 saturated carbocycles. The molecule has 1 aliphatic rings. The summed E-state index contributed by atoms with van der Waals surface area (Å²) in [5, 5.41) is 16.2. The molecule has 1 aromatic heterocycles. The van der Waals surface area contributed by atoms with E-state index in [-0.39, 0.29) is 30.6 Å². The van der Waals surface area contributed by atoms with Crippen molar-refractivity contribution < 1.29 is 18.7 Å². The summed E-state index contributed by atoms with van der Waals surface area (Å²) in [6, 6.07) is 4.30. The van der Waals surface area contributed by atoms with E-state index in [9.17, 15) is 14.3 Å². The summed E-state index contributed by atoms with van der Waals surface area (Å²) in [5.41, 5.74) is 1.33. The van der Waals surface area contributed by atoms with Gasteiger partial charge in [0.2, 0.25) is 5.91 Å². The molecule has 21 heavy (non-hydrogen) atoms. The molecule has 3 rings (SSSR count). The van der Waals surface area contributed by atoms with Crippen molar-refractivity contribution in [2.45, 2.75) is 19.1 Å². The van der Waals surface area contributed by atoms with Crippen LogP contribution in [0.3, 0.4) is 0 Å². The van der Waals surface area contributed by atoms with Gasteiger partial charge in [-0.1, -0.05) is 0 Å². The number of benzene rings is 1. The van der Waals surface area contributed by atoms with Gasteiger partial charge in [-0.25, -0.2) is 4.39 Å². The molecule has 2 heterocycles. The maximum absolute atomic E-state index is 13.2. The Bertz CT molecular complexity index is 655. The summed E-state index contributed by atoms with van der Waals surface area (Å²) < 4.78 is 18.6. The zero-order valence-electron chi connectivity index (χ0n) is 11.4. The van der Waals surface area contributed by atoms with Crippen LogP contribution in [0.15, 0.2) is 28.9 Å². The van der Waals surface area contributed by atoms with Gasteiger partial charge in [0, 0.05) is 42.9 Å². The van der Waals surface area contributed by atoms with Gasteiger partial charge < -0.3 is 20.2 Å². The zero-order chi connectivity index (χ0) is 14.8. The Hall–Kier alpha value is -1.92. The lowest BCUT2D eigenvalue weighted by Crippen LogP contribution is -2.29. The smallest absolute Gasteiger partial charge is 0.220 e. The van der Waals surface area contributed by atoms with Gasteiger partial charge in [-0.05, 0) is 18.2 Å². The Labute approximate surface area is 121 Å². The van der Waals surface area contributed by atoms with Crippen molar-refractivity contribution in [1.82, 2.24) is 10.6 Å². The minimum atomic E-state index is -0.473. The summed E-state index contributed by atoms with van der Waals surface area (Å²) in [5.74, 6) is -0.520. The first-order chi connectivity index (χ1) is 10.1. The SMILES string of the molecule is O=C(C[C@@H]1CNC[C@H]1O)NCc1coc2ccc(F)cc12. The van der Waals surface area contributed by atoms with Crippen LogP contribution >= 0.6 is 0 Å². The van der Waals surface area contributed by atoms with E-state index in [4.69, 9.17) is 4.42 Å². The number of nitrogens with one attached hydrogen (secondary N) is 2. The van der Waals surface area contributed by atoms with Crippen LogP contribution in [0.25, 0.3) is 11.0 Å². The van der Waals surface area contributed by atoms with Crippen molar-refractivity contribution in [2.24, 2.45) is 5.92 Å². The second kappa shape index (κ2) is 5.83. The Morgan fingerprint density at radius 2 is 2.33 bits per heavy atom. The first-order valence-corrected chi connectivity index (χ1v) is 6.94. The zero-order valence-corrected chi connectivity index (χ0v) is 11.4. The Kier molecular flexibility index (Phi) is 3.90. The fourth-order valence-electron chi connectivity index (χ4n) is 2.62. The average Bonchev–Trinajstić information content (AvgIpc) is 3.03. The summed E-state index contributed by atoms with van der Waals surface area (Å²) in [6.07, 6.45) is 1.33. The van der Waals surface area contributed by atoms with Crippen LogP contribution in [0.2, 0.25) is 0 Å². The van der Waals surface area contributed by atoms with E-state index in [0.717, 1.165) is 5.56 Å². The van der Waals surface area contributed by atoms with Crippen LogP contribution in [0.4, 0.5) is 4.39 Å². The number of hydrogen-bond acceptors (Lipinski definition) is 4. The Morgan fingerprint density at radius 3 is 3.10 bits per heavy atom. The number of furan rings is 1. The largest absolute Gasteiger partial charge is 0.464 e. The van der Waals surface area contributed by atoms with Gasteiger partial charge in [-0.3, -0.25) is 4.79 Å². The fraction of sp³-hybridized carbons (Fsp3) is 0.400. The maximum Gasteiger partial charge on any atom is 0.220 e. The van der Waals surface area contributed by atoms with Crippen LogP contribution in [0.1, 0.15) is 12.0 Å². The second-order valence-corrected chi connectivity index (χ2v) is 5.37. The van der Waals surface area contributed by atoms with Gasteiger partial charge in [-0.15, -0.1) is 0 Å². The summed E-state index contributed by atoms with van der Waals surface area (Å²) in [4.78, 5) is 11.9. The number of halogens is 1. The third-order valence-electron chi connectivity index (χ3n) is 3.84. The van der Waals surface area contributed by atoms with Gasteiger partial charge in [0.25, 0.3) is 0 Å². The van der Waals surface area contributed by atoms with Crippen LogP contribution in [-0.2, 0) is 11.3 Å². The molecule has 3 N–H and O–H groups in total. The molecule has 2 aromatic rings. The normalized spacial score (nSPS) is 21.8. The maximum atomic E-state index is 13.2. The molecule has 0 radical (unpaired) electrons. The molecular weight excluding hydrogens is 275 g/mol. The van der Waals surface area contributed by atoms with E-state index < -0.39 is 6.10 Å². The van der Waals surface area contributed by atoms with Crippen molar-refractivity contribution in [3.8, 4) is 0 Å². The molecule has 5 nitrogen and oxygen atoms in total. The van der Waals surface area contributed by atoms with E-state index >= 15 is 0 Å². The molecule has 0 spiro atoms. The monoisotopic (exact) mass is 292 g/mol. The Morgan fingerprint density at radius 1 is 1.48 bits per heavy atom. The summed E-state index contributed by atoms with van der Waals surface area (Å²) in [7, 11) is 0. The predicted molar refractivity (Wildman–Crippen MR) is 75.0 cm³/mol. The molecular formula is C15H17FN2O3. The highest BCUT2D eigenvalue weighted by Crippen LogP contribution is 2.22. The van der Waals surface area contributed by atoms with E-state index in [2.05, 4.69) is 10.6 Å². The molecule has 2 atom stereocenters. The molecule has 0 bridgehead atoms. The minimum absolute atomic E-state index is 0.0523. The number of aliphatic hydroxyl groups excluding tert-OH is 1. The molecule has 6 heteroatoms. The summed E-state index contributed by atoms with van der Waals surface area (Å²) in [6.45, 7) is 1.46. The molecule has 112 valence electrons. The van der Waals surface area contributed by atoms with Crippen LogP contribution in [0, 0.1) is 11.7 Å². The second-order valence-electron chi connectivity index (χ2n) is 5.37. The van der Waals surface area contributed by atoms with Gasteiger partial charge in [0.15, 0.2) is 0 Å². The van der Waals surface area contributed by atoms with Crippen molar-refractivity contribution in [3.05, 3.63) is 35.8 Å². The van der Waals surface area contributed by atoms with Crippen molar-refractivity contribution in [3.63, 3.8) is 0 Å². The molecule has 0 unspecified atom stereocenters. The number of amides is 1. The van der Waals surface area contributed by atoms with Gasteiger partial charge in [-0.2, -0.15) is 0 Å². The third-order valence-corrected chi connectivity index (χ3v) is 3.84. The standard InChI is InChI=1S/C15H17FN2O3/c16-11-1-2-14-12(4-11)10(8-21-14)6-18-15(20)3-9-5-17-7-13(9)19/h1-2,4,8-9,13,17,19H,3,5-7H2,(H,18,20)/t9-,13-/m1/s1. The highest BCUT2D eigenvalue weighted by atomic mass is 19.1. The lowest BCUT2D eigenvalue weighted by molar-refractivity contribution is -0.122. The number of hydrogen-bond donors (Lipinski definition) is 3. The van der Waals surface area contributed by atoms with Crippen molar-refractivity contribution in [1.29, 1.82) is 0 Å². The first kappa shape index (κ1) is 14.0. The van der Waals surface area contributed by atoms with Crippen LogP contribution in [0.5, 0.6) is 0 Å². The molecule has 1 aromatic carbocycles. The topological polar surface area (TPSA) is 74.5 Å². The van der Waals surface area contributed by atoms with E-state index in [0.29, 0.717) is 24.1 Å². The van der Waals surface area contributed by atoms with Crippen LogP contribution in [-0.4, -0.2) is 30.2 Å². The molecule has 1 saturated heterocycles. The van der Waals surface area contributed by atoms with Gasteiger partial charge >= 0.3 is 0 Å². The van der Waals surface area contributed by atoms with Crippen molar-refractivity contribution in [2.75, 3.05) is 13.1 Å². The number of aliphatic hydroxyl groups is 1. The number of β-amino-alcohol motifs (C(OH)–C–C–N with tert-alkyl or cyclic N) is 1. The van der Waals surface area contributed by atoms with Crippen LogP contribution < -0.4 is 10.6 Å². The highest BCUT2D eigenvalue weighted by molar-refractivity contribution is 5.82. The van der Waals surface area contributed by atoms with Gasteiger partial charge in [0.05, 0.1) is 12.4 Å². The fourth-order valence-corrected chi connectivity index (χ4v) is 2.62. The highest BCUT2D eigenvalue weighted by Gasteiger charge is 2.26. The van der Waals surface area contributed by atoms with Crippen molar-refractivity contribution >= 4 is 16.9 Å². The lowest BCUT2D eigenvalue weighted by atomic mass is 10.0. The number of fused-ring (bicyclic) bond motifs is 1. The molecule has 0 aliphatic carbocycles. The first-order valence-electron chi connectivity index (χ1n) is 6.94. The molecule has 1 amide bonds. The number of rotatable bonds is 4. The number of carbonyl (C=O) groups is 1. The average molecular weight is 292 g/mol. The van der Waals surface area contributed by atoms with Gasteiger partial charge in [0.1, 0.15) is 11.4 Å². The molecule has 1 fully saturated rings. The Balaban J connectivity index is 1.61. The van der Waals surface area contributed by atoms with E-state index in [1.54, 1.807) is 6.07 Å². The lowest BCUT2D eigenvalue weighted by Gasteiger charge is -2.12. The minimum Gasteiger partial charge on any atom is -0.464 e. The molecule has 1 aliphatic heterocycles.